The molecule has 2 aromatic carbocycles. The predicted octanol–water partition coefficient (Wildman–Crippen LogP) is 4.14. The molecule has 36 heavy (non-hydrogen) atoms. The second-order valence-electron chi connectivity index (χ2n) is 10.7. The van der Waals surface area contributed by atoms with Gasteiger partial charge in [-0.2, -0.15) is 0 Å². The highest BCUT2D eigenvalue weighted by Gasteiger charge is 2.46. The van der Waals surface area contributed by atoms with Gasteiger partial charge >= 0.3 is 0 Å². The molecule has 192 valence electrons. The van der Waals surface area contributed by atoms with E-state index in [-0.39, 0.29) is 28.1 Å². The van der Waals surface area contributed by atoms with E-state index in [9.17, 15) is 19.8 Å². The molecule has 0 aromatic heterocycles. The molecule has 2 aromatic rings. The molecule has 2 fully saturated rings. The van der Waals surface area contributed by atoms with Crippen LogP contribution in [0.1, 0.15) is 55.5 Å². The molecule has 1 atom stereocenters. The summed E-state index contributed by atoms with van der Waals surface area (Å²) in [6.45, 7) is 12.5. The van der Waals surface area contributed by atoms with Gasteiger partial charge in [0.25, 0.3) is 11.7 Å². The molecule has 2 N–H and O–H groups in total. The Labute approximate surface area is 213 Å². The minimum atomic E-state index is -0.733. The van der Waals surface area contributed by atoms with Gasteiger partial charge in [-0.15, -0.1) is 0 Å². The summed E-state index contributed by atoms with van der Waals surface area (Å²) in [5, 5.41) is 21.7. The number of hydrogen-bond acceptors (Lipinski definition) is 6. The van der Waals surface area contributed by atoms with Crippen molar-refractivity contribution >= 4 is 17.4 Å². The molecule has 2 aliphatic heterocycles. The van der Waals surface area contributed by atoms with Crippen molar-refractivity contribution in [2.45, 2.75) is 45.6 Å². The topological polar surface area (TPSA) is 90.3 Å². The fraction of sp³-hybridized carbons (Fsp3) is 0.448. The number of morpholine rings is 1. The number of aromatic hydroxyl groups is 1. The smallest absolute Gasteiger partial charge is 0.295 e. The summed E-state index contributed by atoms with van der Waals surface area (Å²) >= 11 is 0. The van der Waals surface area contributed by atoms with E-state index >= 15 is 0 Å². The first kappa shape index (κ1) is 25.9. The Morgan fingerprint density at radius 2 is 1.69 bits per heavy atom. The maximum Gasteiger partial charge on any atom is 0.295 e. The van der Waals surface area contributed by atoms with Crippen LogP contribution in [0.3, 0.4) is 0 Å². The molecule has 0 unspecified atom stereocenters. The fourth-order valence-corrected chi connectivity index (χ4v) is 4.90. The summed E-state index contributed by atoms with van der Waals surface area (Å²) < 4.78 is 5.41. The number of rotatable bonds is 6. The highest BCUT2D eigenvalue weighted by atomic mass is 16.5. The van der Waals surface area contributed by atoms with Gasteiger partial charge in [0.1, 0.15) is 11.5 Å². The van der Waals surface area contributed by atoms with Crippen LogP contribution in [0, 0.1) is 6.92 Å². The Hall–Kier alpha value is -3.16. The molecule has 0 bridgehead atoms. The molecular weight excluding hydrogens is 456 g/mol. The molecule has 2 aliphatic rings. The van der Waals surface area contributed by atoms with E-state index in [1.165, 1.54) is 6.07 Å². The molecule has 0 radical (unpaired) electrons. The summed E-state index contributed by atoms with van der Waals surface area (Å²) in [5.74, 6) is -1.85. The summed E-state index contributed by atoms with van der Waals surface area (Å²) in [5.41, 5.74) is 2.81. The number of ketones is 1. The quantitative estimate of drug-likeness (QED) is 0.358. The molecule has 7 nitrogen and oxygen atoms in total. The number of nitrogens with zero attached hydrogens (tertiary/aromatic N) is 2. The third-order valence-corrected chi connectivity index (χ3v) is 7.02. The van der Waals surface area contributed by atoms with Gasteiger partial charge in [-0.3, -0.25) is 14.5 Å². The van der Waals surface area contributed by atoms with Gasteiger partial charge in [-0.25, -0.2) is 0 Å². The Bertz CT molecular complexity index is 1160. The number of aliphatic hydroxyl groups excluding tert-OH is 1. The van der Waals surface area contributed by atoms with Gasteiger partial charge < -0.3 is 19.8 Å². The van der Waals surface area contributed by atoms with Crippen molar-refractivity contribution < 1.29 is 24.5 Å². The van der Waals surface area contributed by atoms with Crippen LogP contribution < -0.4 is 0 Å². The van der Waals surface area contributed by atoms with Crippen LogP contribution in [0.25, 0.3) is 5.76 Å². The number of ether oxygens (including phenoxy) is 1. The van der Waals surface area contributed by atoms with E-state index in [2.05, 4.69) is 25.7 Å². The number of phenolic OH excluding ortho intramolecular Hbond substituents is 1. The lowest BCUT2D eigenvalue weighted by Gasteiger charge is -2.29. The van der Waals surface area contributed by atoms with E-state index in [0.29, 0.717) is 26.2 Å². The highest BCUT2D eigenvalue weighted by molar-refractivity contribution is 6.46. The van der Waals surface area contributed by atoms with Gasteiger partial charge in [-0.05, 0) is 42.0 Å². The number of aliphatic hydroxyl groups is 1. The van der Waals surface area contributed by atoms with Crippen molar-refractivity contribution in [2.75, 3.05) is 39.4 Å². The normalized spacial score (nSPS) is 20.8. The average Bonchev–Trinajstić information content (AvgIpc) is 3.10. The standard InChI is InChI=1S/C29H36N2O5/c1-19-6-11-23(32)22(18-19)26(33)24-25(20-7-9-21(10-8-20)29(2,3)4)31(28(35)27(24)34)13-5-12-30-14-16-36-17-15-30/h6-11,18,25,32-33H,5,12-17H2,1-4H3/t25-/m1/s1. The number of carbonyl (C=O) groups is 2. The predicted molar refractivity (Wildman–Crippen MR) is 139 cm³/mol. The van der Waals surface area contributed by atoms with Crippen LogP contribution >= 0.6 is 0 Å². The fourth-order valence-electron chi connectivity index (χ4n) is 4.90. The van der Waals surface area contributed by atoms with E-state index < -0.39 is 17.7 Å². The number of hydrogen-bond donors (Lipinski definition) is 2. The lowest BCUT2D eigenvalue weighted by molar-refractivity contribution is -0.140. The van der Waals surface area contributed by atoms with Gasteiger partial charge in [-0.1, -0.05) is 56.7 Å². The summed E-state index contributed by atoms with van der Waals surface area (Å²) in [4.78, 5) is 30.4. The maximum atomic E-state index is 13.3. The minimum absolute atomic E-state index is 0.00998. The second-order valence-corrected chi connectivity index (χ2v) is 10.7. The summed E-state index contributed by atoms with van der Waals surface area (Å²) in [7, 11) is 0. The molecule has 7 heteroatoms. The van der Waals surface area contributed by atoms with E-state index in [1.807, 2.05) is 31.2 Å². The van der Waals surface area contributed by atoms with Gasteiger partial charge in [0.15, 0.2) is 0 Å². The van der Waals surface area contributed by atoms with Crippen molar-refractivity contribution in [2.24, 2.45) is 0 Å². The molecule has 0 saturated carbocycles. The van der Waals surface area contributed by atoms with Crippen molar-refractivity contribution in [1.82, 2.24) is 9.80 Å². The van der Waals surface area contributed by atoms with E-state index in [0.717, 1.165) is 36.3 Å². The number of amides is 1. The number of likely N-dealkylation sites (tertiary alicyclic amines) is 1. The molecule has 0 spiro atoms. The van der Waals surface area contributed by atoms with Crippen molar-refractivity contribution in [1.29, 1.82) is 0 Å². The summed E-state index contributed by atoms with van der Waals surface area (Å²) in [6.07, 6.45) is 0.694. The zero-order chi connectivity index (χ0) is 26.0. The first-order chi connectivity index (χ1) is 17.1. The van der Waals surface area contributed by atoms with Crippen molar-refractivity contribution in [3.63, 3.8) is 0 Å². The minimum Gasteiger partial charge on any atom is -0.507 e. The molecule has 1 amide bonds. The first-order valence-electron chi connectivity index (χ1n) is 12.6. The SMILES string of the molecule is Cc1ccc(O)c(C(O)=C2C(=O)C(=O)N(CCCN3CCOCC3)[C@@H]2c2ccc(C(C)(C)C)cc2)c1. The number of Topliss-reactive ketones (excluding diaryl/α,β-unsaturated/α-hetero) is 1. The zero-order valence-corrected chi connectivity index (χ0v) is 21.6. The second kappa shape index (κ2) is 10.4. The monoisotopic (exact) mass is 492 g/mol. The lowest BCUT2D eigenvalue weighted by Crippen LogP contribution is -2.39. The van der Waals surface area contributed by atoms with Crippen LogP contribution in [-0.4, -0.2) is 71.1 Å². The number of aryl methyl sites for hydroxylation is 1. The summed E-state index contributed by atoms with van der Waals surface area (Å²) in [6, 6.07) is 12.0. The molecule has 2 saturated heterocycles. The van der Waals surface area contributed by atoms with Crippen LogP contribution in [0.5, 0.6) is 5.75 Å². The molecule has 4 rings (SSSR count). The third-order valence-electron chi connectivity index (χ3n) is 7.02. The van der Waals surface area contributed by atoms with E-state index in [1.54, 1.807) is 17.0 Å². The first-order valence-corrected chi connectivity index (χ1v) is 12.6. The van der Waals surface area contributed by atoms with Gasteiger partial charge in [0.2, 0.25) is 0 Å². The molecule has 2 heterocycles. The van der Waals surface area contributed by atoms with Crippen molar-refractivity contribution in [3.05, 3.63) is 70.3 Å². The number of carbonyl (C=O) groups excluding carboxylic acids is 2. The maximum absolute atomic E-state index is 13.3. The van der Waals surface area contributed by atoms with Gasteiger partial charge in [0.05, 0.1) is 30.4 Å². The van der Waals surface area contributed by atoms with Crippen LogP contribution in [0.2, 0.25) is 0 Å². The molecule has 0 aliphatic carbocycles. The Morgan fingerprint density at radius 1 is 1.03 bits per heavy atom. The average molecular weight is 493 g/mol. The lowest BCUT2D eigenvalue weighted by atomic mass is 9.85. The van der Waals surface area contributed by atoms with Crippen LogP contribution in [0.4, 0.5) is 0 Å². The van der Waals surface area contributed by atoms with Crippen molar-refractivity contribution in [3.8, 4) is 5.75 Å². The Balaban J connectivity index is 1.72. The Morgan fingerprint density at radius 3 is 2.33 bits per heavy atom. The third kappa shape index (κ3) is 5.32. The largest absolute Gasteiger partial charge is 0.507 e. The van der Waals surface area contributed by atoms with Crippen LogP contribution in [0.15, 0.2) is 48.0 Å². The Kier molecular flexibility index (Phi) is 7.52. The zero-order valence-electron chi connectivity index (χ0n) is 21.6. The molecular formula is C29H36N2O5. The van der Waals surface area contributed by atoms with Crippen LogP contribution in [-0.2, 0) is 19.7 Å². The number of phenols is 1. The van der Waals surface area contributed by atoms with E-state index in [4.69, 9.17) is 4.74 Å². The number of benzene rings is 2. The van der Waals surface area contributed by atoms with Gasteiger partial charge in [0, 0.05) is 26.2 Å². The highest BCUT2D eigenvalue weighted by Crippen LogP contribution is 2.41.